The molecule has 6 nitrogen and oxygen atoms in total. The molecule has 0 unspecified atom stereocenters. The van der Waals surface area contributed by atoms with Gasteiger partial charge in [-0.15, -0.1) is 0 Å². The van der Waals surface area contributed by atoms with Crippen molar-refractivity contribution >= 4 is 16.9 Å². The minimum atomic E-state index is -1.35. The molecule has 0 aliphatic carbocycles. The number of hydrogen-bond donors (Lipinski definition) is 1. The van der Waals surface area contributed by atoms with E-state index in [4.69, 9.17) is 9.47 Å². The van der Waals surface area contributed by atoms with Crippen LogP contribution in [0.5, 0.6) is 11.5 Å². The lowest BCUT2D eigenvalue weighted by Gasteiger charge is -2.28. The number of rotatable bonds is 4. The van der Waals surface area contributed by atoms with Crippen LogP contribution >= 0.6 is 0 Å². The predicted octanol–water partition coefficient (Wildman–Crippen LogP) is 3.37. The maximum atomic E-state index is 14.7. The van der Waals surface area contributed by atoms with Gasteiger partial charge in [0.15, 0.2) is 17.3 Å². The van der Waals surface area contributed by atoms with Crippen molar-refractivity contribution in [2.45, 2.75) is 19.6 Å². The van der Waals surface area contributed by atoms with Gasteiger partial charge in [0.1, 0.15) is 18.8 Å². The molecule has 0 bridgehead atoms. The van der Waals surface area contributed by atoms with E-state index in [1.807, 2.05) is 37.3 Å². The van der Waals surface area contributed by atoms with Gasteiger partial charge in [-0.2, -0.15) is 0 Å². The highest BCUT2D eigenvalue weighted by Gasteiger charge is 2.28. The first-order valence-electron chi connectivity index (χ1n) is 8.41. The quantitative estimate of drug-likeness (QED) is 0.763. The van der Waals surface area contributed by atoms with E-state index in [0.717, 1.165) is 11.6 Å². The van der Waals surface area contributed by atoms with Gasteiger partial charge in [0, 0.05) is 6.20 Å². The largest absolute Gasteiger partial charge is 0.485 e. The highest BCUT2D eigenvalue weighted by Crippen LogP contribution is 2.41. The molecule has 1 atom stereocenters. The summed E-state index contributed by atoms with van der Waals surface area (Å²) in [4.78, 5) is 23.9. The molecular weight excluding hydrogens is 353 g/mol. The fourth-order valence-electron chi connectivity index (χ4n) is 3.22. The van der Waals surface area contributed by atoms with E-state index in [2.05, 4.69) is 0 Å². The molecule has 0 spiro atoms. The van der Waals surface area contributed by atoms with E-state index >= 15 is 0 Å². The zero-order valence-electron chi connectivity index (χ0n) is 14.4. The second kappa shape index (κ2) is 6.42. The Morgan fingerprint density at radius 2 is 2.11 bits per heavy atom. The number of pyridine rings is 1. The van der Waals surface area contributed by atoms with Crippen molar-refractivity contribution < 1.29 is 23.8 Å². The van der Waals surface area contributed by atoms with Gasteiger partial charge in [0.05, 0.1) is 16.9 Å². The van der Waals surface area contributed by atoms with Crippen molar-refractivity contribution in [1.82, 2.24) is 4.57 Å². The Balaban J connectivity index is 1.90. The van der Waals surface area contributed by atoms with Gasteiger partial charge >= 0.3 is 5.97 Å². The Kier molecular flexibility index (Phi) is 4.07. The Morgan fingerprint density at radius 3 is 2.81 bits per heavy atom. The van der Waals surface area contributed by atoms with Crippen LogP contribution in [0.25, 0.3) is 10.9 Å². The van der Waals surface area contributed by atoms with Crippen LogP contribution in [0.1, 0.15) is 28.9 Å². The Bertz CT molecular complexity index is 1110. The molecule has 2 heterocycles. The second-order valence-corrected chi connectivity index (χ2v) is 6.43. The minimum Gasteiger partial charge on any atom is -0.485 e. The average molecular weight is 369 g/mol. The first-order chi connectivity index (χ1) is 13.0. The summed E-state index contributed by atoms with van der Waals surface area (Å²) < 4.78 is 27.7. The summed E-state index contributed by atoms with van der Waals surface area (Å²) in [7, 11) is 0. The number of nitrogens with zero attached hydrogens (tertiary/aromatic N) is 1. The zero-order chi connectivity index (χ0) is 19.1. The molecule has 1 aliphatic rings. The van der Waals surface area contributed by atoms with Crippen LogP contribution in [0.15, 0.2) is 47.4 Å². The lowest BCUT2D eigenvalue weighted by atomic mass is 10.1. The first kappa shape index (κ1) is 17.1. The van der Waals surface area contributed by atoms with Gasteiger partial charge < -0.3 is 19.1 Å². The van der Waals surface area contributed by atoms with Crippen molar-refractivity contribution in [2.75, 3.05) is 6.61 Å². The lowest BCUT2D eigenvalue weighted by Crippen LogP contribution is -2.27. The monoisotopic (exact) mass is 369 g/mol. The fraction of sp³-hybridized carbons (Fsp3) is 0.200. The molecule has 0 saturated heterocycles. The lowest BCUT2D eigenvalue weighted by molar-refractivity contribution is 0.0694. The summed E-state index contributed by atoms with van der Waals surface area (Å²) in [5.74, 6) is -2.09. The number of halogens is 1. The van der Waals surface area contributed by atoms with Crippen molar-refractivity contribution in [3.05, 3.63) is 69.8 Å². The van der Waals surface area contributed by atoms with Gasteiger partial charge in [-0.3, -0.25) is 4.79 Å². The first-order valence-corrected chi connectivity index (χ1v) is 8.41. The van der Waals surface area contributed by atoms with E-state index in [1.54, 1.807) is 4.57 Å². The van der Waals surface area contributed by atoms with Gasteiger partial charge in [0.25, 0.3) is 0 Å². The third kappa shape index (κ3) is 2.81. The molecule has 0 radical (unpaired) electrons. The maximum absolute atomic E-state index is 14.7. The van der Waals surface area contributed by atoms with Crippen LogP contribution in [-0.2, 0) is 6.61 Å². The number of benzene rings is 2. The normalized spacial score (nSPS) is 15.4. The highest BCUT2D eigenvalue weighted by molar-refractivity contribution is 5.95. The topological polar surface area (TPSA) is 77.8 Å². The van der Waals surface area contributed by atoms with Crippen molar-refractivity contribution in [1.29, 1.82) is 0 Å². The summed E-state index contributed by atoms with van der Waals surface area (Å²) in [5.41, 5.74) is 0.0426. The molecule has 7 heteroatoms. The number of carboxylic acids is 1. The van der Waals surface area contributed by atoms with Crippen molar-refractivity contribution in [2.24, 2.45) is 0 Å². The van der Waals surface area contributed by atoms with Crippen molar-refractivity contribution in [3.8, 4) is 11.5 Å². The SMILES string of the molecule is C[C@@H]1COc2c(OCc3ccccc3)c(F)cc3c(=O)c(C(=O)O)cn1c23. The molecule has 1 aromatic heterocycles. The summed E-state index contributed by atoms with van der Waals surface area (Å²) in [6, 6.07) is 10.1. The molecule has 3 aromatic rings. The van der Waals surface area contributed by atoms with E-state index < -0.39 is 22.8 Å². The summed E-state index contributed by atoms with van der Waals surface area (Å²) >= 11 is 0. The van der Waals surface area contributed by atoms with E-state index in [0.29, 0.717) is 5.52 Å². The third-order valence-corrected chi connectivity index (χ3v) is 4.58. The molecule has 0 saturated carbocycles. The van der Waals surface area contributed by atoms with Gasteiger partial charge in [-0.05, 0) is 18.6 Å². The molecular formula is C20H16FNO5. The Labute approximate surface area is 153 Å². The summed E-state index contributed by atoms with van der Waals surface area (Å²) in [6.07, 6.45) is 1.28. The second-order valence-electron chi connectivity index (χ2n) is 6.43. The number of hydrogen-bond acceptors (Lipinski definition) is 4. The number of carbonyl (C=O) groups is 1. The van der Waals surface area contributed by atoms with Crippen LogP contribution < -0.4 is 14.9 Å². The van der Waals surface area contributed by atoms with Gasteiger partial charge in [-0.25, -0.2) is 9.18 Å². The van der Waals surface area contributed by atoms with Crippen LogP contribution in [0.3, 0.4) is 0 Å². The zero-order valence-corrected chi connectivity index (χ0v) is 14.4. The van der Waals surface area contributed by atoms with E-state index in [-0.39, 0.29) is 36.1 Å². The molecule has 138 valence electrons. The van der Waals surface area contributed by atoms with Crippen LogP contribution in [0, 0.1) is 5.82 Å². The summed E-state index contributed by atoms with van der Waals surface area (Å²) in [5, 5.41) is 9.25. The molecule has 2 aromatic carbocycles. The predicted molar refractivity (Wildman–Crippen MR) is 96.1 cm³/mol. The fourth-order valence-corrected chi connectivity index (χ4v) is 3.22. The average Bonchev–Trinajstić information content (AvgIpc) is 2.65. The van der Waals surface area contributed by atoms with Crippen LogP contribution in [0.4, 0.5) is 4.39 Å². The number of ether oxygens (including phenoxy) is 2. The molecule has 4 rings (SSSR count). The van der Waals surface area contributed by atoms with E-state index in [1.165, 1.54) is 6.20 Å². The molecule has 1 N–H and O–H groups in total. The Morgan fingerprint density at radius 1 is 1.37 bits per heavy atom. The number of aromatic nitrogens is 1. The van der Waals surface area contributed by atoms with E-state index in [9.17, 15) is 19.1 Å². The molecule has 27 heavy (non-hydrogen) atoms. The van der Waals surface area contributed by atoms with Crippen LogP contribution in [-0.4, -0.2) is 22.2 Å². The standard InChI is InChI=1S/C20H16FNO5/c1-11-9-26-19-16-13(17(23)14(20(24)25)8-22(11)16)7-15(21)18(19)27-10-12-5-3-2-4-6-12/h2-8,11H,9-10H2,1H3,(H,24,25)/t11-/m1/s1. The molecule has 0 amide bonds. The number of aromatic carboxylic acids is 1. The minimum absolute atomic E-state index is 0.0407. The smallest absolute Gasteiger partial charge is 0.341 e. The van der Waals surface area contributed by atoms with Crippen LogP contribution in [0.2, 0.25) is 0 Å². The van der Waals surface area contributed by atoms with Gasteiger partial charge in [0.2, 0.25) is 5.43 Å². The van der Waals surface area contributed by atoms with Gasteiger partial charge in [-0.1, -0.05) is 30.3 Å². The number of carboxylic acid groups (broad SMARTS) is 1. The molecule has 0 fully saturated rings. The summed E-state index contributed by atoms with van der Waals surface area (Å²) in [6.45, 7) is 2.16. The molecule has 1 aliphatic heterocycles. The third-order valence-electron chi connectivity index (χ3n) is 4.58. The maximum Gasteiger partial charge on any atom is 0.341 e. The Hall–Kier alpha value is -3.35. The highest BCUT2D eigenvalue weighted by atomic mass is 19.1. The van der Waals surface area contributed by atoms with Crippen molar-refractivity contribution in [3.63, 3.8) is 0 Å².